The summed E-state index contributed by atoms with van der Waals surface area (Å²) >= 11 is 0. The lowest BCUT2D eigenvalue weighted by Gasteiger charge is -2.02. The molecular weight excluding hydrogens is 196 g/mol. The van der Waals surface area contributed by atoms with E-state index in [2.05, 4.69) is 14.9 Å². The van der Waals surface area contributed by atoms with Crippen LogP contribution in [-0.4, -0.2) is 29.5 Å². The summed E-state index contributed by atoms with van der Waals surface area (Å²) in [7, 11) is 1.35. The zero-order valence-corrected chi connectivity index (χ0v) is 8.38. The van der Waals surface area contributed by atoms with Crippen LogP contribution in [0.2, 0.25) is 0 Å². The van der Waals surface area contributed by atoms with Gasteiger partial charge in [-0.05, 0) is 18.1 Å². The average molecular weight is 208 g/mol. The summed E-state index contributed by atoms with van der Waals surface area (Å²) in [6, 6.07) is 3.59. The molecule has 1 rings (SSSR count). The van der Waals surface area contributed by atoms with Crippen LogP contribution in [0.15, 0.2) is 23.5 Å². The maximum atomic E-state index is 10.9. The fourth-order valence-electron chi connectivity index (χ4n) is 1.17. The summed E-state index contributed by atoms with van der Waals surface area (Å²) in [5, 5.41) is 11.3. The molecule has 0 fully saturated rings. The first-order chi connectivity index (χ1) is 7.27. The molecule has 0 saturated carbocycles. The Balaban J connectivity index is 2.71. The number of nitrogens with zero attached hydrogens (tertiary/aromatic N) is 2. The van der Waals surface area contributed by atoms with Crippen molar-refractivity contribution in [3.8, 4) is 0 Å². The zero-order valence-electron chi connectivity index (χ0n) is 8.38. The van der Waals surface area contributed by atoms with Crippen LogP contribution in [0, 0.1) is 0 Å². The van der Waals surface area contributed by atoms with Crippen molar-refractivity contribution >= 4 is 12.2 Å². The minimum atomic E-state index is -0.272. The van der Waals surface area contributed by atoms with Crippen LogP contribution in [0.25, 0.3) is 0 Å². The molecule has 0 atom stereocenters. The Kier molecular flexibility index (Phi) is 4.28. The van der Waals surface area contributed by atoms with Gasteiger partial charge in [0, 0.05) is 12.6 Å². The number of carbonyl (C=O) groups excluding carboxylic acids is 1. The standard InChI is InChI=1S/C10H12N2O3/c1-15-10(13)5-4-8-3-2-6-11-9(8)7-12-14/h2-3,6-7,14H,4-5H2,1H3/b12-7-. The molecule has 0 aliphatic heterocycles. The largest absolute Gasteiger partial charge is 0.469 e. The minimum Gasteiger partial charge on any atom is -0.469 e. The fraction of sp³-hybridized carbons (Fsp3) is 0.300. The van der Waals surface area contributed by atoms with Crippen molar-refractivity contribution in [2.75, 3.05) is 7.11 Å². The van der Waals surface area contributed by atoms with Crippen LogP contribution >= 0.6 is 0 Å². The van der Waals surface area contributed by atoms with Gasteiger partial charge in [0.15, 0.2) is 0 Å². The number of hydrogen-bond donors (Lipinski definition) is 1. The number of methoxy groups -OCH3 is 1. The number of ether oxygens (including phenoxy) is 1. The number of carbonyl (C=O) groups is 1. The van der Waals surface area contributed by atoms with Crippen LogP contribution in [0.3, 0.4) is 0 Å². The van der Waals surface area contributed by atoms with E-state index >= 15 is 0 Å². The lowest BCUT2D eigenvalue weighted by atomic mass is 10.1. The van der Waals surface area contributed by atoms with Crippen molar-refractivity contribution in [2.24, 2.45) is 5.16 Å². The van der Waals surface area contributed by atoms with Gasteiger partial charge in [0.2, 0.25) is 0 Å². The molecule has 0 aliphatic carbocycles. The molecule has 5 nitrogen and oxygen atoms in total. The first-order valence-corrected chi connectivity index (χ1v) is 4.46. The van der Waals surface area contributed by atoms with Crippen molar-refractivity contribution in [3.63, 3.8) is 0 Å². The summed E-state index contributed by atoms with van der Waals surface area (Å²) in [4.78, 5) is 14.9. The van der Waals surface area contributed by atoms with Gasteiger partial charge in [0.25, 0.3) is 0 Å². The predicted molar refractivity (Wildman–Crippen MR) is 54.0 cm³/mol. The molecule has 1 heterocycles. The van der Waals surface area contributed by atoms with Crippen molar-refractivity contribution in [1.82, 2.24) is 4.98 Å². The molecule has 80 valence electrons. The summed E-state index contributed by atoms with van der Waals surface area (Å²) in [5.41, 5.74) is 1.41. The van der Waals surface area contributed by atoms with E-state index in [1.165, 1.54) is 13.3 Å². The molecule has 1 aromatic heterocycles. The number of aryl methyl sites for hydroxylation is 1. The van der Waals surface area contributed by atoms with Gasteiger partial charge < -0.3 is 9.94 Å². The number of oxime groups is 1. The number of hydrogen-bond acceptors (Lipinski definition) is 5. The van der Waals surface area contributed by atoms with Crippen molar-refractivity contribution < 1.29 is 14.7 Å². The van der Waals surface area contributed by atoms with Gasteiger partial charge in [-0.3, -0.25) is 9.78 Å². The summed E-state index contributed by atoms with van der Waals surface area (Å²) in [5.74, 6) is -0.272. The smallest absolute Gasteiger partial charge is 0.305 e. The normalized spacial score (nSPS) is 10.5. The van der Waals surface area contributed by atoms with E-state index < -0.39 is 0 Å². The second kappa shape index (κ2) is 5.74. The van der Waals surface area contributed by atoms with Crippen molar-refractivity contribution in [3.05, 3.63) is 29.6 Å². The SMILES string of the molecule is COC(=O)CCc1cccnc1/C=N\O. The summed E-state index contributed by atoms with van der Waals surface area (Å²) in [6.45, 7) is 0. The fourth-order valence-corrected chi connectivity index (χ4v) is 1.17. The summed E-state index contributed by atoms with van der Waals surface area (Å²) in [6.07, 6.45) is 3.64. The molecule has 0 spiro atoms. The lowest BCUT2D eigenvalue weighted by molar-refractivity contribution is -0.140. The van der Waals surface area contributed by atoms with Gasteiger partial charge in [0.1, 0.15) is 0 Å². The van der Waals surface area contributed by atoms with E-state index in [-0.39, 0.29) is 12.4 Å². The molecule has 5 heteroatoms. The lowest BCUT2D eigenvalue weighted by Crippen LogP contribution is -2.04. The number of aromatic nitrogens is 1. The Morgan fingerprint density at radius 3 is 3.20 bits per heavy atom. The molecule has 0 radical (unpaired) electrons. The van der Waals surface area contributed by atoms with Crippen LogP contribution in [0.4, 0.5) is 0 Å². The Morgan fingerprint density at radius 1 is 1.73 bits per heavy atom. The molecule has 0 aromatic carbocycles. The van der Waals surface area contributed by atoms with Gasteiger partial charge in [-0.25, -0.2) is 0 Å². The minimum absolute atomic E-state index is 0.272. The van der Waals surface area contributed by atoms with E-state index in [1.807, 2.05) is 6.07 Å². The highest BCUT2D eigenvalue weighted by Gasteiger charge is 2.05. The van der Waals surface area contributed by atoms with E-state index in [4.69, 9.17) is 5.21 Å². The second-order valence-electron chi connectivity index (χ2n) is 2.87. The molecule has 1 aromatic rings. The molecular formula is C10H12N2O3. The third kappa shape index (κ3) is 3.38. The van der Waals surface area contributed by atoms with Crippen LogP contribution in [-0.2, 0) is 16.0 Å². The van der Waals surface area contributed by atoms with Crippen molar-refractivity contribution in [1.29, 1.82) is 0 Å². The Hall–Kier alpha value is -1.91. The maximum absolute atomic E-state index is 10.9. The molecule has 0 saturated heterocycles. The first kappa shape index (κ1) is 11.2. The quantitative estimate of drug-likeness (QED) is 0.346. The van der Waals surface area contributed by atoms with Crippen LogP contribution in [0.1, 0.15) is 17.7 Å². The highest BCUT2D eigenvalue weighted by atomic mass is 16.5. The van der Waals surface area contributed by atoms with E-state index in [1.54, 1.807) is 12.3 Å². The predicted octanol–water partition coefficient (Wildman–Crippen LogP) is 0.995. The highest BCUT2D eigenvalue weighted by molar-refractivity contribution is 5.79. The van der Waals surface area contributed by atoms with E-state index in [0.717, 1.165) is 5.56 Å². The molecule has 15 heavy (non-hydrogen) atoms. The third-order valence-corrected chi connectivity index (χ3v) is 1.93. The van der Waals surface area contributed by atoms with Crippen molar-refractivity contribution in [2.45, 2.75) is 12.8 Å². The summed E-state index contributed by atoms with van der Waals surface area (Å²) < 4.78 is 4.53. The van der Waals surface area contributed by atoms with Crippen LogP contribution in [0.5, 0.6) is 0 Å². The second-order valence-corrected chi connectivity index (χ2v) is 2.87. The molecule has 0 amide bonds. The topological polar surface area (TPSA) is 71.8 Å². The van der Waals surface area contributed by atoms with E-state index in [0.29, 0.717) is 12.1 Å². The van der Waals surface area contributed by atoms with Crippen LogP contribution < -0.4 is 0 Å². The van der Waals surface area contributed by atoms with E-state index in [9.17, 15) is 4.79 Å². The zero-order chi connectivity index (χ0) is 11.1. The molecule has 0 aliphatic rings. The molecule has 0 bridgehead atoms. The number of pyridine rings is 1. The average Bonchev–Trinajstić information content (AvgIpc) is 2.28. The number of rotatable bonds is 4. The third-order valence-electron chi connectivity index (χ3n) is 1.93. The van der Waals surface area contributed by atoms with Gasteiger partial charge >= 0.3 is 5.97 Å². The number of esters is 1. The monoisotopic (exact) mass is 208 g/mol. The Bertz CT molecular complexity index is 363. The first-order valence-electron chi connectivity index (χ1n) is 4.46. The highest BCUT2D eigenvalue weighted by Crippen LogP contribution is 2.06. The van der Waals surface area contributed by atoms with Gasteiger partial charge in [-0.15, -0.1) is 0 Å². The van der Waals surface area contributed by atoms with Gasteiger partial charge in [0.05, 0.1) is 19.0 Å². The van der Waals surface area contributed by atoms with Gasteiger partial charge in [-0.2, -0.15) is 0 Å². The van der Waals surface area contributed by atoms with Gasteiger partial charge in [-0.1, -0.05) is 11.2 Å². The molecule has 0 unspecified atom stereocenters. The maximum Gasteiger partial charge on any atom is 0.305 e. The Morgan fingerprint density at radius 2 is 2.53 bits per heavy atom. The Labute approximate surface area is 87.4 Å². The molecule has 1 N–H and O–H groups in total.